The number of rotatable bonds is 2. The van der Waals surface area contributed by atoms with Crippen LogP contribution in [-0.2, 0) is 0 Å². The Labute approximate surface area is 111 Å². The molecule has 0 amide bonds. The first-order valence-corrected chi connectivity index (χ1v) is 6.32. The van der Waals surface area contributed by atoms with E-state index in [9.17, 15) is 4.79 Å². The normalized spacial score (nSPS) is 13.7. The molecule has 0 atom stereocenters. The summed E-state index contributed by atoms with van der Waals surface area (Å²) < 4.78 is 11.3. The Balaban J connectivity index is 1.96. The van der Waals surface area contributed by atoms with Gasteiger partial charge >= 0.3 is 0 Å². The molecule has 1 heterocycles. The van der Waals surface area contributed by atoms with E-state index in [0.29, 0.717) is 18.8 Å². The zero-order valence-electron chi connectivity index (χ0n) is 10.5. The van der Waals surface area contributed by atoms with Gasteiger partial charge in [-0.05, 0) is 23.3 Å². The van der Waals surface area contributed by atoms with Crippen molar-refractivity contribution in [2.45, 2.75) is 6.42 Å². The third kappa shape index (κ3) is 2.45. The molecule has 0 spiro atoms. The summed E-state index contributed by atoms with van der Waals surface area (Å²) in [4.78, 5) is 10.6. The quantitative estimate of drug-likeness (QED) is 0.771. The maximum atomic E-state index is 10.6. The standard InChI is InChI=1S/C16H14O3/c17-11-12-2-4-13(5-3-12)14-6-7-15-16(10-14)19-9-1-8-18-15/h2-7,10-11H,1,8-9H2. The molecule has 3 heteroatoms. The van der Waals surface area contributed by atoms with Gasteiger partial charge in [0.2, 0.25) is 0 Å². The van der Waals surface area contributed by atoms with E-state index in [4.69, 9.17) is 9.47 Å². The van der Waals surface area contributed by atoms with Crippen LogP contribution in [0.15, 0.2) is 42.5 Å². The first kappa shape index (κ1) is 11.8. The smallest absolute Gasteiger partial charge is 0.161 e. The lowest BCUT2D eigenvalue weighted by Crippen LogP contribution is -1.97. The summed E-state index contributed by atoms with van der Waals surface area (Å²) >= 11 is 0. The molecular weight excluding hydrogens is 240 g/mol. The molecule has 0 aliphatic carbocycles. The number of aldehydes is 1. The van der Waals surface area contributed by atoms with Crippen LogP contribution in [0.3, 0.4) is 0 Å². The van der Waals surface area contributed by atoms with Crippen molar-refractivity contribution in [2.75, 3.05) is 13.2 Å². The van der Waals surface area contributed by atoms with Gasteiger partial charge in [0.05, 0.1) is 13.2 Å². The Morgan fingerprint density at radius 1 is 0.842 bits per heavy atom. The molecule has 19 heavy (non-hydrogen) atoms. The van der Waals surface area contributed by atoms with Crippen molar-refractivity contribution in [1.82, 2.24) is 0 Å². The van der Waals surface area contributed by atoms with Crippen LogP contribution in [0.25, 0.3) is 11.1 Å². The van der Waals surface area contributed by atoms with Gasteiger partial charge in [0.15, 0.2) is 11.5 Å². The van der Waals surface area contributed by atoms with E-state index in [2.05, 4.69) is 0 Å². The average molecular weight is 254 g/mol. The van der Waals surface area contributed by atoms with Crippen LogP contribution in [0, 0.1) is 0 Å². The van der Waals surface area contributed by atoms with Crippen LogP contribution >= 0.6 is 0 Å². The van der Waals surface area contributed by atoms with Crippen LogP contribution < -0.4 is 9.47 Å². The maximum Gasteiger partial charge on any atom is 0.161 e. The maximum absolute atomic E-state index is 10.6. The second-order valence-electron chi connectivity index (χ2n) is 4.45. The zero-order valence-corrected chi connectivity index (χ0v) is 10.5. The van der Waals surface area contributed by atoms with Gasteiger partial charge < -0.3 is 9.47 Å². The molecule has 3 nitrogen and oxygen atoms in total. The van der Waals surface area contributed by atoms with Crippen molar-refractivity contribution in [2.24, 2.45) is 0 Å². The van der Waals surface area contributed by atoms with Gasteiger partial charge in [-0.3, -0.25) is 4.79 Å². The van der Waals surface area contributed by atoms with Gasteiger partial charge in [0.1, 0.15) is 6.29 Å². The van der Waals surface area contributed by atoms with Crippen LogP contribution in [-0.4, -0.2) is 19.5 Å². The number of hydrogen-bond donors (Lipinski definition) is 0. The monoisotopic (exact) mass is 254 g/mol. The molecule has 0 bridgehead atoms. The number of carbonyl (C=O) groups excluding carboxylic acids is 1. The Morgan fingerprint density at radius 2 is 1.53 bits per heavy atom. The van der Waals surface area contributed by atoms with Crippen molar-refractivity contribution in [3.63, 3.8) is 0 Å². The lowest BCUT2D eigenvalue weighted by molar-refractivity contribution is 0.112. The lowest BCUT2D eigenvalue weighted by Gasteiger charge is -2.09. The van der Waals surface area contributed by atoms with Crippen LogP contribution in [0.5, 0.6) is 11.5 Å². The van der Waals surface area contributed by atoms with Crippen LogP contribution in [0.1, 0.15) is 16.8 Å². The molecule has 2 aromatic rings. The van der Waals surface area contributed by atoms with E-state index in [-0.39, 0.29) is 0 Å². The summed E-state index contributed by atoms with van der Waals surface area (Å²) in [5, 5.41) is 0. The fourth-order valence-corrected chi connectivity index (χ4v) is 2.10. The van der Waals surface area contributed by atoms with Crippen molar-refractivity contribution in [3.8, 4) is 22.6 Å². The van der Waals surface area contributed by atoms with Crippen LogP contribution in [0.2, 0.25) is 0 Å². The van der Waals surface area contributed by atoms with E-state index in [1.165, 1.54) is 0 Å². The number of carbonyl (C=O) groups is 1. The Hall–Kier alpha value is -2.29. The minimum atomic E-state index is 0.679. The largest absolute Gasteiger partial charge is 0.490 e. The highest BCUT2D eigenvalue weighted by molar-refractivity contribution is 5.77. The van der Waals surface area contributed by atoms with Crippen molar-refractivity contribution in [1.29, 1.82) is 0 Å². The molecule has 0 fully saturated rings. The number of fused-ring (bicyclic) bond motifs is 1. The number of hydrogen-bond acceptors (Lipinski definition) is 3. The molecule has 0 aromatic heterocycles. The molecule has 0 unspecified atom stereocenters. The summed E-state index contributed by atoms with van der Waals surface area (Å²) in [6.45, 7) is 1.38. The highest BCUT2D eigenvalue weighted by Gasteiger charge is 2.11. The Kier molecular flexibility index (Phi) is 3.19. The first-order chi connectivity index (χ1) is 9.36. The molecular formula is C16H14O3. The summed E-state index contributed by atoms with van der Waals surface area (Å²) in [5.74, 6) is 1.58. The fraction of sp³-hybridized carbons (Fsp3) is 0.188. The van der Waals surface area contributed by atoms with Crippen molar-refractivity contribution >= 4 is 6.29 Å². The second-order valence-corrected chi connectivity index (χ2v) is 4.45. The third-order valence-corrected chi connectivity index (χ3v) is 3.13. The predicted octanol–water partition coefficient (Wildman–Crippen LogP) is 3.33. The van der Waals surface area contributed by atoms with Gasteiger partial charge in [0.25, 0.3) is 0 Å². The molecule has 2 aromatic carbocycles. The summed E-state index contributed by atoms with van der Waals surface area (Å²) in [7, 11) is 0. The average Bonchev–Trinajstić information content (AvgIpc) is 2.72. The lowest BCUT2D eigenvalue weighted by atomic mass is 10.0. The Morgan fingerprint density at radius 3 is 2.26 bits per heavy atom. The minimum Gasteiger partial charge on any atom is -0.490 e. The van der Waals surface area contributed by atoms with Gasteiger partial charge in [-0.25, -0.2) is 0 Å². The minimum absolute atomic E-state index is 0.679. The van der Waals surface area contributed by atoms with Crippen molar-refractivity contribution < 1.29 is 14.3 Å². The Bertz CT molecular complexity index is 587. The zero-order chi connectivity index (χ0) is 13.1. The first-order valence-electron chi connectivity index (χ1n) is 6.32. The number of ether oxygens (including phenoxy) is 2. The van der Waals surface area contributed by atoms with E-state index in [1.54, 1.807) is 0 Å². The summed E-state index contributed by atoms with van der Waals surface area (Å²) in [6, 6.07) is 13.4. The van der Waals surface area contributed by atoms with E-state index < -0.39 is 0 Å². The topological polar surface area (TPSA) is 35.5 Å². The molecule has 96 valence electrons. The highest BCUT2D eigenvalue weighted by atomic mass is 16.5. The van der Waals surface area contributed by atoms with Gasteiger partial charge in [-0.2, -0.15) is 0 Å². The number of benzene rings is 2. The second kappa shape index (κ2) is 5.14. The van der Waals surface area contributed by atoms with Gasteiger partial charge in [0, 0.05) is 12.0 Å². The SMILES string of the molecule is O=Cc1ccc(-c2ccc3c(c2)OCCCO3)cc1. The molecule has 0 saturated carbocycles. The molecule has 0 N–H and O–H groups in total. The molecule has 3 rings (SSSR count). The van der Waals surface area contributed by atoms with Crippen molar-refractivity contribution in [3.05, 3.63) is 48.0 Å². The molecule has 1 aliphatic rings. The molecule has 0 saturated heterocycles. The van der Waals surface area contributed by atoms with E-state index in [0.717, 1.165) is 35.3 Å². The summed E-state index contributed by atoms with van der Waals surface area (Å²) in [5.41, 5.74) is 2.79. The van der Waals surface area contributed by atoms with E-state index in [1.807, 2.05) is 42.5 Å². The summed E-state index contributed by atoms with van der Waals surface area (Å²) in [6.07, 6.45) is 1.75. The molecule has 1 aliphatic heterocycles. The van der Waals surface area contributed by atoms with E-state index >= 15 is 0 Å². The predicted molar refractivity (Wildman–Crippen MR) is 72.9 cm³/mol. The third-order valence-electron chi connectivity index (χ3n) is 3.13. The van der Waals surface area contributed by atoms with Gasteiger partial charge in [-0.1, -0.05) is 30.3 Å². The molecule has 0 radical (unpaired) electrons. The highest BCUT2D eigenvalue weighted by Crippen LogP contribution is 2.34. The fourth-order valence-electron chi connectivity index (χ4n) is 2.10. The van der Waals surface area contributed by atoms with Crippen LogP contribution in [0.4, 0.5) is 0 Å². The van der Waals surface area contributed by atoms with Gasteiger partial charge in [-0.15, -0.1) is 0 Å².